The number of hydrogen-bond acceptors (Lipinski definition) is 4. The third kappa shape index (κ3) is 4.64. The number of nitrogens with one attached hydrogen (secondary N) is 1. The van der Waals surface area contributed by atoms with E-state index in [1.807, 2.05) is 30.5 Å². The normalized spacial score (nSPS) is 10.8. The van der Waals surface area contributed by atoms with Crippen LogP contribution in [0.3, 0.4) is 0 Å². The number of rotatable bonds is 4. The summed E-state index contributed by atoms with van der Waals surface area (Å²) in [6.45, 7) is 2.47. The Bertz CT molecular complexity index is 1280. The Morgan fingerprint density at radius 1 is 1.23 bits per heavy atom. The summed E-state index contributed by atoms with van der Waals surface area (Å²) in [5, 5.41) is 9.17. The van der Waals surface area contributed by atoms with Crippen LogP contribution in [0.15, 0.2) is 47.4 Å². The monoisotopic (exact) mass is 446 g/mol. The van der Waals surface area contributed by atoms with Crippen LogP contribution in [-0.4, -0.2) is 32.2 Å². The highest BCUT2D eigenvalue weighted by molar-refractivity contribution is 6.42. The molecule has 2 aromatic carbocycles. The summed E-state index contributed by atoms with van der Waals surface area (Å²) in [4.78, 5) is 29.1. The highest BCUT2D eigenvalue weighted by atomic mass is 35.5. The maximum absolute atomic E-state index is 12.7. The second-order valence-electron chi connectivity index (χ2n) is 6.61. The minimum Gasteiger partial charge on any atom is -0.481 e. The predicted octanol–water partition coefficient (Wildman–Crippen LogP) is 4.29. The average Bonchev–Trinajstić information content (AvgIpc) is 3.05. The molecule has 0 radical (unpaired) electrons. The Morgan fingerprint density at radius 3 is 2.60 bits per heavy atom. The molecule has 0 fully saturated rings. The molecule has 4 rings (SSSR count). The van der Waals surface area contributed by atoms with Gasteiger partial charge in [-0.25, -0.2) is 4.98 Å². The number of hydrogen-bond donors (Lipinski definition) is 3. The van der Waals surface area contributed by atoms with Crippen LogP contribution in [0.4, 0.5) is 0 Å². The Labute approximate surface area is 182 Å². The molecule has 30 heavy (non-hydrogen) atoms. The minimum atomic E-state index is -0.833. The maximum Gasteiger partial charge on any atom is 0.300 e. The van der Waals surface area contributed by atoms with Crippen LogP contribution < -0.4 is 11.3 Å². The van der Waals surface area contributed by atoms with Crippen molar-refractivity contribution in [1.82, 2.24) is 14.5 Å². The molecule has 0 amide bonds. The first-order valence-electron chi connectivity index (χ1n) is 9.18. The zero-order valence-electron chi connectivity index (χ0n) is 16.2. The van der Waals surface area contributed by atoms with E-state index < -0.39 is 5.97 Å². The van der Waals surface area contributed by atoms with Gasteiger partial charge in [0.05, 0.1) is 21.1 Å². The molecule has 0 aliphatic heterocycles. The zero-order valence-corrected chi connectivity index (χ0v) is 17.7. The lowest BCUT2D eigenvalue weighted by Gasteiger charge is -2.04. The number of nitrogens with two attached hydrogens (primary N) is 1. The van der Waals surface area contributed by atoms with E-state index in [1.165, 1.54) is 0 Å². The molecule has 0 atom stereocenters. The van der Waals surface area contributed by atoms with Crippen LogP contribution in [0.5, 0.6) is 0 Å². The lowest BCUT2D eigenvalue weighted by Crippen LogP contribution is -2.11. The zero-order chi connectivity index (χ0) is 21.8. The van der Waals surface area contributed by atoms with E-state index in [4.69, 9.17) is 38.8 Å². The fraction of sp³-hybridized carbons (Fsp3) is 0.190. The molecule has 0 unspecified atom stereocenters. The molecular formula is C21H20Cl2N4O3. The van der Waals surface area contributed by atoms with Crippen LogP contribution in [0, 0.1) is 0 Å². The molecule has 156 valence electrons. The lowest BCUT2D eigenvalue weighted by atomic mass is 10.1. The highest BCUT2D eigenvalue weighted by Crippen LogP contribution is 2.30. The third-order valence-corrected chi connectivity index (χ3v) is 5.10. The topological polar surface area (TPSA) is 114 Å². The van der Waals surface area contributed by atoms with Gasteiger partial charge in [-0.15, -0.1) is 0 Å². The van der Waals surface area contributed by atoms with E-state index >= 15 is 0 Å². The van der Waals surface area contributed by atoms with Crippen molar-refractivity contribution < 1.29 is 9.90 Å². The van der Waals surface area contributed by atoms with Crippen LogP contribution in [0.25, 0.3) is 33.2 Å². The van der Waals surface area contributed by atoms with Gasteiger partial charge in [0.2, 0.25) is 0 Å². The van der Waals surface area contributed by atoms with Gasteiger partial charge < -0.3 is 20.4 Å². The molecule has 9 heteroatoms. The van der Waals surface area contributed by atoms with Gasteiger partial charge in [-0.1, -0.05) is 41.4 Å². The summed E-state index contributed by atoms with van der Waals surface area (Å²) in [6.07, 6.45) is 2.81. The predicted molar refractivity (Wildman–Crippen MR) is 120 cm³/mol. The van der Waals surface area contributed by atoms with E-state index in [9.17, 15) is 4.79 Å². The van der Waals surface area contributed by atoms with Crippen molar-refractivity contribution in [3.8, 4) is 11.3 Å². The number of carbonyl (C=O) groups is 1. The van der Waals surface area contributed by atoms with E-state index in [2.05, 4.69) is 14.5 Å². The fourth-order valence-electron chi connectivity index (χ4n) is 3.15. The van der Waals surface area contributed by atoms with Gasteiger partial charge in [-0.05, 0) is 31.2 Å². The number of halogens is 2. The number of aromatic amines is 1. The number of carboxylic acid groups (broad SMARTS) is 1. The molecule has 0 saturated carbocycles. The number of aromatic nitrogens is 3. The van der Waals surface area contributed by atoms with E-state index in [0.717, 1.165) is 36.4 Å². The Balaban J connectivity index is 0.000000589. The second kappa shape index (κ2) is 9.30. The van der Waals surface area contributed by atoms with Gasteiger partial charge in [-0.3, -0.25) is 9.59 Å². The summed E-state index contributed by atoms with van der Waals surface area (Å²) >= 11 is 12.1. The SMILES string of the molecule is CC(=O)O.NCCCn1cc(-c2nc3cc(Cl)c(Cl)cc3[nH]c2=O)c2ccccc21. The standard InChI is InChI=1S/C19H16Cl2N4O.C2H4O2/c20-13-8-15-16(9-14(13)21)24-19(26)18(23-15)12-10-25(7-3-6-22)17-5-2-1-4-11(12)17;1-2(3)4/h1-2,4-5,8-10H,3,6-7,22H2,(H,24,26);1H3,(H,3,4). The number of carboxylic acids is 1. The van der Waals surface area contributed by atoms with Crippen molar-refractivity contribution >= 4 is 51.1 Å². The molecule has 0 bridgehead atoms. The highest BCUT2D eigenvalue weighted by Gasteiger charge is 2.15. The number of nitrogens with zero attached hydrogens (tertiary/aromatic N) is 2. The fourth-order valence-corrected chi connectivity index (χ4v) is 3.47. The van der Waals surface area contributed by atoms with Gasteiger partial charge in [0, 0.05) is 36.1 Å². The molecule has 4 N–H and O–H groups in total. The van der Waals surface area contributed by atoms with Crippen LogP contribution in [0.1, 0.15) is 13.3 Å². The van der Waals surface area contributed by atoms with E-state index in [-0.39, 0.29) is 5.56 Å². The summed E-state index contributed by atoms with van der Waals surface area (Å²) in [5.41, 5.74) is 8.72. The van der Waals surface area contributed by atoms with Gasteiger partial charge >= 0.3 is 0 Å². The average molecular weight is 447 g/mol. The van der Waals surface area contributed by atoms with Gasteiger partial charge in [0.15, 0.2) is 0 Å². The van der Waals surface area contributed by atoms with Crippen molar-refractivity contribution in [3.05, 3.63) is 63.0 Å². The molecule has 0 saturated heterocycles. The van der Waals surface area contributed by atoms with Crippen molar-refractivity contribution in [3.63, 3.8) is 0 Å². The summed E-state index contributed by atoms with van der Waals surface area (Å²) in [7, 11) is 0. The molecule has 2 heterocycles. The van der Waals surface area contributed by atoms with Gasteiger partial charge in [-0.2, -0.15) is 0 Å². The van der Waals surface area contributed by atoms with Crippen molar-refractivity contribution in [2.24, 2.45) is 5.73 Å². The van der Waals surface area contributed by atoms with Crippen LogP contribution >= 0.6 is 23.2 Å². The van der Waals surface area contributed by atoms with Crippen molar-refractivity contribution in [1.29, 1.82) is 0 Å². The number of para-hydroxylation sites is 1. The molecule has 7 nitrogen and oxygen atoms in total. The first-order valence-corrected chi connectivity index (χ1v) is 9.94. The van der Waals surface area contributed by atoms with Crippen LogP contribution in [0.2, 0.25) is 10.0 Å². The Kier molecular flexibility index (Phi) is 6.77. The molecule has 4 aromatic rings. The Hall–Kier alpha value is -2.87. The number of H-pyrrole nitrogens is 1. The second-order valence-corrected chi connectivity index (χ2v) is 7.43. The maximum atomic E-state index is 12.7. The molecule has 0 spiro atoms. The largest absolute Gasteiger partial charge is 0.481 e. The minimum absolute atomic E-state index is 0.266. The number of fused-ring (bicyclic) bond motifs is 2. The summed E-state index contributed by atoms with van der Waals surface area (Å²) < 4.78 is 2.11. The van der Waals surface area contributed by atoms with E-state index in [1.54, 1.807) is 12.1 Å². The quantitative estimate of drug-likeness (QED) is 0.432. The van der Waals surface area contributed by atoms with Gasteiger partial charge in [0.25, 0.3) is 11.5 Å². The lowest BCUT2D eigenvalue weighted by molar-refractivity contribution is -0.134. The smallest absolute Gasteiger partial charge is 0.300 e. The third-order valence-electron chi connectivity index (χ3n) is 4.38. The number of aryl methyl sites for hydroxylation is 1. The van der Waals surface area contributed by atoms with E-state index in [0.29, 0.717) is 33.3 Å². The van der Waals surface area contributed by atoms with Crippen LogP contribution in [-0.2, 0) is 11.3 Å². The molecular weight excluding hydrogens is 427 g/mol. The summed E-state index contributed by atoms with van der Waals surface area (Å²) in [5.74, 6) is -0.833. The molecule has 0 aliphatic rings. The summed E-state index contributed by atoms with van der Waals surface area (Å²) in [6, 6.07) is 11.2. The Morgan fingerprint density at radius 2 is 1.90 bits per heavy atom. The number of aliphatic carboxylic acids is 1. The first kappa shape index (κ1) is 21.8. The molecule has 0 aliphatic carbocycles. The number of benzene rings is 2. The van der Waals surface area contributed by atoms with Crippen molar-refractivity contribution in [2.45, 2.75) is 19.9 Å². The van der Waals surface area contributed by atoms with Crippen molar-refractivity contribution in [2.75, 3.05) is 6.54 Å². The molecule has 2 aromatic heterocycles. The first-order chi connectivity index (χ1) is 14.3. The van der Waals surface area contributed by atoms with Gasteiger partial charge in [0.1, 0.15) is 5.69 Å².